The van der Waals surface area contributed by atoms with Gasteiger partial charge in [-0.1, -0.05) is 19.8 Å². The molecule has 2 fully saturated rings. The molecule has 0 radical (unpaired) electrons. The number of nitrogens with zero attached hydrogens (tertiary/aromatic N) is 2. The van der Waals surface area contributed by atoms with Crippen molar-refractivity contribution in [2.45, 2.75) is 52.4 Å². The summed E-state index contributed by atoms with van der Waals surface area (Å²) in [7, 11) is 0. The lowest BCUT2D eigenvalue weighted by atomic mass is 9.77. The molecule has 160 valence electrons. The quantitative estimate of drug-likeness (QED) is 0.637. The van der Waals surface area contributed by atoms with Crippen LogP contribution in [0.3, 0.4) is 0 Å². The number of carbonyl (C=O) groups is 2. The van der Waals surface area contributed by atoms with E-state index in [1.54, 1.807) is 0 Å². The fraction of sp³-hybridized carbons (Fsp3) is 0.652. The number of benzene rings is 1. The lowest BCUT2D eigenvalue weighted by molar-refractivity contribution is 0.0573. The van der Waals surface area contributed by atoms with Crippen molar-refractivity contribution in [2.24, 2.45) is 5.41 Å². The van der Waals surface area contributed by atoms with Crippen LogP contribution in [0.1, 0.15) is 62.7 Å². The van der Waals surface area contributed by atoms with Crippen molar-refractivity contribution < 1.29 is 19.1 Å². The van der Waals surface area contributed by atoms with Gasteiger partial charge >= 0.3 is 6.09 Å². The summed E-state index contributed by atoms with van der Waals surface area (Å²) in [5, 5.41) is 0. The number of hydrogen-bond acceptors (Lipinski definition) is 4. The van der Waals surface area contributed by atoms with Crippen LogP contribution in [-0.4, -0.2) is 61.2 Å². The molecule has 0 N–H and O–H groups in total. The van der Waals surface area contributed by atoms with Crippen LogP contribution in [0.25, 0.3) is 0 Å². The smallest absolute Gasteiger partial charge is 0.409 e. The molecule has 1 aromatic rings. The first-order valence-electron chi connectivity index (χ1n) is 11.0. The molecule has 1 spiro atoms. The first-order chi connectivity index (χ1) is 14.1. The average molecular weight is 403 g/mol. The highest BCUT2D eigenvalue weighted by atomic mass is 16.6. The van der Waals surface area contributed by atoms with Crippen molar-refractivity contribution in [1.29, 1.82) is 0 Å². The standard InChI is InChI=1S/C23H34N2O4/c1-3-5-6-17-29-22(27)25-16-13-23(18-25)11-14-24(15-12-23)21(26)19-7-9-20(10-8-19)28-4-2/h7-10H,3-6,11-18H2,1-2H3. The van der Waals surface area contributed by atoms with Crippen LogP contribution in [0, 0.1) is 5.41 Å². The van der Waals surface area contributed by atoms with Crippen LogP contribution < -0.4 is 4.74 Å². The fourth-order valence-corrected chi connectivity index (χ4v) is 4.33. The normalized spacial score (nSPS) is 18.1. The van der Waals surface area contributed by atoms with Gasteiger partial charge in [-0.3, -0.25) is 4.79 Å². The van der Waals surface area contributed by atoms with E-state index in [0.717, 1.165) is 70.5 Å². The second-order valence-corrected chi connectivity index (χ2v) is 8.24. The molecule has 3 rings (SSSR count). The van der Waals surface area contributed by atoms with E-state index in [9.17, 15) is 9.59 Å². The Morgan fingerprint density at radius 1 is 0.966 bits per heavy atom. The van der Waals surface area contributed by atoms with Gasteiger partial charge in [0.1, 0.15) is 5.75 Å². The molecule has 0 atom stereocenters. The molecule has 29 heavy (non-hydrogen) atoms. The first-order valence-corrected chi connectivity index (χ1v) is 11.0. The zero-order chi connectivity index (χ0) is 20.7. The summed E-state index contributed by atoms with van der Waals surface area (Å²) < 4.78 is 10.9. The summed E-state index contributed by atoms with van der Waals surface area (Å²) in [6, 6.07) is 7.37. The van der Waals surface area contributed by atoms with Gasteiger partial charge in [-0.2, -0.15) is 0 Å². The summed E-state index contributed by atoms with van der Waals surface area (Å²) >= 11 is 0. The van der Waals surface area contributed by atoms with Crippen LogP contribution in [-0.2, 0) is 4.74 Å². The predicted octanol–water partition coefficient (Wildman–Crippen LogP) is 4.34. The van der Waals surface area contributed by atoms with Crippen molar-refractivity contribution >= 4 is 12.0 Å². The number of unbranched alkanes of at least 4 members (excludes halogenated alkanes) is 2. The minimum Gasteiger partial charge on any atom is -0.494 e. The molecule has 2 saturated heterocycles. The van der Waals surface area contributed by atoms with E-state index in [0.29, 0.717) is 18.8 Å². The summed E-state index contributed by atoms with van der Waals surface area (Å²) in [5.74, 6) is 0.863. The van der Waals surface area contributed by atoms with E-state index in [1.165, 1.54) is 0 Å². The van der Waals surface area contributed by atoms with Crippen molar-refractivity contribution in [2.75, 3.05) is 39.4 Å². The van der Waals surface area contributed by atoms with Crippen LogP contribution in [0.2, 0.25) is 0 Å². The Bertz CT molecular complexity index is 681. The van der Waals surface area contributed by atoms with Crippen molar-refractivity contribution in [3.63, 3.8) is 0 Å². The zero-order valence-corrected chi connectivity index (χ0v) is 17.8. The average Bonchev–Trinajstić information content (AvgIpc) is 3.16. The maximum Gasteiger partial charge on any atom is 0.409 e. The Morgan fingerprint density at radius 2 is 1.62 bits per heavy atom. The van der Waals surface area contributed by atoms with Gasteiger partial charge in [-0.25, -0.2) is 4.79 Å². The number of amides is 2. The third-order valence-corrected chi connectivity index (χ3v) is 6.19. The van der Waals surface area contributed by atoms with E-state index in [1.807, 2.05) is 41.0 Å². The number of likely N-dealkylation sites (tertiary alicyclic amines) is 2. The van der Waals surface area contributed by atoms with Gasteiger partial charge in [0.05, 0.1) is 13.2 Å². The molecule has 2 heterocycles. The van der Waals surface area contributed by atoms with E-state index >= 15 is 0 Å². The zero-order valence-electron chi connectivity index (χ0n) is 17.8. The number of rotatable bonds is 7. The topological polar surface area (TPSA) is 59.1 Å². The van der Waals surface area contributed by atoms with Crippen LogP contribution >= 0.6 is 0 Å². The fourth-order valence-electron chi connectivity index (χ4n) is 4.33. The molecule has 2 amide bonds. The molecule has 2 aliphatic rings. The Hall–Kier alpha value is -2.24. The molecule has 0 aliphatic carbocycles. The van der Waals surface area contributed by atoms with E-state index in [2.05, 4.69) is 6.92 Å². The summed E-state index contributed by atoms with van der Waals surface area (Å²) in [6.45, 7) is 8.21. The summed E-state index contributed by atoms with van der Waals surface area (Å²) in [5.41, 5.74) is 0.839. The monoisotopic (exact) mass is 402 g/mol. The Balaban J connectivity index is 1.47. The molecule has 2 aliphatic heterocycles. The first kappa shape index (κ1) is 21.5. The predicted molar refractivity (Wildman–Crippen MR) is 112 cm³/mol. The van der Waals surface area contributed by atoms with Gasteiger partial charge < -0.3 is 19.3 Å². The van der Waals surface area contributed by atoms with E-state index < -0.39 is 0 Å². The molecular formula is C23H34N2O4. The van der Waals surface area contributed by atoms with Crippen molar-refractivity contribution in [3.05, 3.63) is 29.8 Å². The van der Waals surface area contributed by atoms with E-state index in [-0.39, 0.29) is 17.4 Å². The maximum absolute atomic E-state index is 12.8. The molecule has 0 unspecified atom stereocenters. The lowest BCUT2D eigenvalue weighted by Gasteiger charge is -2.39. The largest absolute Gasteiger partial charge is 0.494 e. The summed E-state index contributed by atoms with van der Waals surface area (Å²) in [4.78, 5) is 28.9. The number of carbonyl (C=O) groups excluding carboxylic acids is 2. The minimum atomic E-state index is -0.175. The van der Waals surface area contributed by atoms with Crippen molar-refractivity contribution in [1.82, 2.24) is 9.80 Å². The Morgan fingerprint density at radius 3 is 2.24 bits per heavy atom. The maximum atomic E-state index is 12.8. The van der Waals surface area contributed by atoms with Gasteiger partial charge in [-0.15, -0.1) is 0 Å². The highest BCUT2D eigenvalue weighted by Crippen LogP contribution is 2.40. The van der Waals surface area contributed by atoms with Gasteiger partial charge in [-0.05, 0) is 62.3 Å². The molecule has 0 bridgehead atoms. The molecule has 0 aromatic heterocycles. The molecule has 1 aromatic carbocycles. The number of ether oxygens (including phenoxy) is 2. The molecule has 6 nitrogen and oxygen atoms in total. The third-order valence-electron chi connectivity index (χ3n) is 6.19. The minimum absolute atomic E-state index is 0.0769. The van der Waals surface area contributed by atoms with Gasteiger partial charge in [0.25, 0.3) is 5.91 Å². The number of piperidine rings is 1. The van der Waals surface area contributed by atoms with Gasteiger partial charge in [0.15, 0.2) is 0 Å². The number of hydrogen-bond donors (Lipinski definition) is 0. The highest BCUT2D eigenvalue weighted by molar-refractivity contribution is 5.94. The second kappa shape index (κ2) is 9.99. The molecular weight excluding hydrogens is 368 g/mol. The lowest BCUT2D eigenvalue weighted by Crippen LogP contribution is -2.44. The Labute approximate surface area is 174 Å². The van der Waals surface area contributed by atoms with Crippen LogP contribution in [0.5, 0.6) is 5.75 Å². The molecule has 6 heteroatoms. The second-order valence-electron chi connectivity index (χ2n) is 8.24. The third kappa shape index (κ3) is 5.43. The van der Waals surface area contributed by atoms with Crippen LogP contribution in [0.4, 0.5) is 4.79 Å². The van der Waals surface area contributed by atoms with Gasteiger partial charge in [0.2, 0.25) is 0 Å². The summed E-state index contributed by atoms with van der Waals surface area (Å²) in [6.07, 6.45) is 5.86. The molecule has 0 saturated carbocycles. The van der Waals surface area contributed by atoms with Gasteiger partial charge in [0, 0.05) is 31.7 Å². The van der Waals surface area contributed by atoms with Crippen molar-refractivity contribution in [3.8, 4) is 5.75 Å². The highest BCUT2D eigenvalue weighted by Gasteiger charge is 2.43. The van der Waals surface area contributed by atoms with E-state index in [4.69, 9.17) is 9.47 Å². The van der Waals surface area contributed by atoms with Crippen LogP contribution in [0.15, 0.2) is 24.3 Å². The SMILES string of the molecule is CCCCCOC(=O)N1CCC2(CCN(C(=O)c3ccc(OCC)cc3)CC2)C1. The Kier molecular flexibility index (Phi) is 7.40.